The summed E-state index contributed by atoms with van der Waals surface area (Å²) >= 11 is 1.11. The van der Waals surface area contributed by atoms with Gasteiger partial charge in [-0.05, 0) is 52.4 Å². The van der Waals surface area contributed by atoms with E-state index in [9.17, 15) is 19.7 Å². The average molecular weight is 559 g/mol. The van der Waals surface area contributed by atoms with Crippen molar-refractivity contribution >= 4 is 34.6 Å². The number of carbonyl (C=O) groups is 2. The summed E-state index contributed by atoms with van der Waals surface area (Å²) in [4.78, 5) is 38.7. The number of hydrogen-bond acceptors (Lipinski definition) is 6. The van der Waals surface area contributed by atoms with Gasteiger partial charge in [0.05, 0.1) is 18.1 Å². The zero-order valence-electron chi connectivity index (χ0n) is 22.5. The summed E-state index contributed by atoms with van der Waals surface area (Å²) in [7, 11) is 0. The summed E-state index contributed by atoms with van der Waals surface area (Å²) in [5.74, 6) is -1.39. The minimum atomic E-state index is -1.00. The highest BCUT2D eigenvalue weighted by atomic mass is 32.1. The normalized spacial score (nSPS) is 11.3. The molecule has 3 aromatic carbocycles. The third kappa shape index (κ3) is 6.80. The lowest BCUT2D eigenvalue weighted by Crippen LogP contribution is -2.34. The lowest BCUT2D eigenvalue weighted by atomic mass is 9.86. The maximum atomic E-state index is 13.5. The first-order chi connectivity index (χ1) is 19.0. The van der Waals surface area contributed by atoms with Crippen molar-refractivity contribution in [1.82, 2.24) is 0 Å². The van der Waals surface area contributed by atoms with Crippen LogP contribution in [0.3, 0.4) is 0 Å². The van der Waals surface area contributed by atoms with Gasteiger partial charge in [-0.15, -0.1) is 11.3 Å². The van der Waals surface area contributed by atoms with Crippen molar-refractivity contribution in [3.8, 4) is 11.1 Å². The van der Waals surface area contributed by atoms with E-state index in [2.05, 4.69) is 20.8 Å². The average Bonchev–Trinajstić information content (AvgIpc) is 3.42. The van der Waals surface area contributed by atoms with Crippen molar-refractivity contribution in [2.75, 3.05) is 18.1 Å². The lowest BCUT2D eigenvalue weighted by molar-refractivity contribution is -0.384. The Hall–Kier alpha value is -4.34. The maximum Gasteiger partial charge on any atom is 0.345 e. The molecule has 1 aromatic heterocycles. The molecule has 0 bridgehead atoms. The highest BCUT2D eigenvalue weighted by molar-refractivity contribution is 7.13. The van der Waals surface area contributed by atoms with Gasteiger partial charge in [-0.3, -0.25) is 19.8 Å². The maximum absolute atomic E-state index is 13.5. The Morgan fingerprint density at radius 3 is 2.23 bits per heavy atom. The number of hydrogen-bond donors (Lipinski definition) is 1. The molecule has 0 radical (unpaired) electrons. The molecule has 4 rings (SSSR count). The predicted octanol–water partition coefficient (Wildman–Crippen LogP) is 7.18. The van der Waals surface area contributed by atoms with Crippen molar-refractivity contribution < 1.29 is 24.4 Å². The molecule has 1 amide bonds. The van der Waals surface area contributed by atoms with Gasteiger partial charge in [0.2, 0.25) is 0 Å². The van der Waals surface area contributed by atoms with Gasteiger partial charge >= 0.3 is 5.97 Å². The molecule has 0 saturated heterocycles. The molecule has 0 unspecified atom stereocenters. The van der Waals surface area contributed by atoms with Crippen LogP contribution in [-0.2, 0) is 16.8 Å². The molecule has 0 atom stereocenters. The van der Waals surface area contributed by atoms with Gasteiger partial charge in [0.1, 0.15) is 10.6 Å². The molecule has 8 nitrogen and oxygen atoms in total. The summed E-state index contributed by atoms with van der Waals surface area (Å²) in [5.41, 5.74) is 3.02. The molecule has 40 heavy (non-hydrogen) atoms. The number of carboxylic acids is 1. The Bertz CT molecular complexity index is 1510. The van der Waals surface area contributed by atoms with Gasteiger partial charge in [0.25, 0.3) is 11.6 Å². The fraction of sp³-hybridized carbons (Fsp3) is 0.226. The molecule has 0 aliphatic rings. The molecule has 0 saturated carbocycles. The number of aromatic carboxylic acids is 1. The number of thiophene rings is 1. The van der Waals surface area contributed by atoms with Crippen LogP contribution in [0.1, 0.15) is 51.2 Å². The van der Waals surface area contributed by atoms with E-state index in [1.54, 1.807) is 48.5 Å². The Morgan fingerprint density at radius 1 is 0.950 bits per heavy atom. The van der Waals surface area contributed by atoms with Crippen molar-refractivity contribution in [1.29, 1.82) is 0 Å². The van der Waals surface area contributed by atoms with Crippen LogP contribution in [0.2, 0.25) is 0 Å². The first-order valence-electron chi connectivity index (χ1n) is 12.7. The summed E-state index contributed by atoms with van der Waals surface area (Å²) in [6.45, 7) is 6.68. The summed E-state index contributed by atoms with van der Waals surface area (Å²) in [6, 6.07) is 24.6. The molecule has 206 valence electrons. The van der Waals surface area contributed by atoms with Crippen molar-refractivity contribution in [3.05, 3.63) is 116 Å². The number of carbonyl (C=O) groups excluding carboxylic acids is 1. The molecule has 0 aliphatic heterocycles. The van der Waals surface area contributed by atoms with Gasteiger partial charge in [-0.1, -0.05) is 69.3 Å². The first kappa shape index (κ1) is 28.7. The van der Waals surface area contributed by atoms with Crippen LogP contribution in [0, 0.1) is 10.1 Å². The molecule has 1 N–H and O–H groups in total. The number of ether oxygens (including phenoxy) is 1. The monoisotopic (exact) mass is 558 g/mol. The zero-order chi connectivity index (χ0) is 28.9. The number of benzene rings is 3. The summed E-state index contributed by atoms with van der Waals surface area (Å²) < 4.78 is 5.74. The van der Waals surface area contributed by atoms with Crippen LogP contribution in [0.4, 0.5) is 11.4 Å². The van der Waals surface area contributed by atoms with Crippen LogP contribution in [0.5, 0.6) is 0 Å². The van der Waals surface area contributed by atoms with Crippen molar-refractivity contribution in [2.24, 2.45) is 0 Å². The van der Waals surface area contributed by atoms with E-state index < -0.39 is 10.9 Å². The minimum absolute atomic E-state index is 0.0171. The molecule has 0 spiro atoms. The highest BCUT2D eigenvalue weighted by Gasteiger charge is 2.26. The van der Waals surface area contributed by atoms with E-state index >= 15 is 0 Å². The topological polar surface area (TPSA) is 110 Å². The number of amides is 1. The van der Waals surface area contributed by atoms with Crippen LogP contribution in [0.25, 0.3) is 11.1 Å². The fourth-order valence-electron chi connectivity index (χ4n) is 4.21. The van der Waals surface area contributed by atoms with Gasteiger partial charge < -0.3 is 9.84 Å². The van der Waals surface area contributed by atoms with E-state index in [4.69, 9.17) is 9.84 Å². The first-order valence-corrected chi connectivity index (χ1v) is 13.5. The van der Waals surface area contributed by atoms with Crippen molar-refractivity contribution in [3.63, 3.8) is 0 Å². The van der Waals surface area contributed by atoms with E-state index in [-0.39, 0.29) is 47.3 Å². The second-order valence-electron chi connectivity index (χ2n) is 10.2. The third-order valence-corrected chi connectivity index (χ3v) is 7.44. The minimum Gasteiger partial charge on any atom is -0.477 e. The second kappa shape index (κ2) is 12.2. The van der Waals surface area contributed by atoms with Crippen LogP contribution in [0.15, 0.2) is 84.9 Å². The van der Waals surface area contributed by atoms with E-state index in [0.29, 0.717) is 11.1 Å². The Balaban J connectivity index is 1.61. The summed E-state index contributed by atoms with van der Waals surface area (Å²) in [5, 5.41) is 21.3. The molecule has 9 heteroatoms. The van der Waals surface area contributed by atoms with Gasteiger partial charge in [-0.2, -0.15) is 0 Å². The van der Waals surface area contributed by atoms with Gasteiger partial charge in [-0.25, -0.2) is 4.79 Å². The molecule has 0 aliphatic carbocycles. The van der Waals surface area contributed by atoms with Crippen molar-refractivity contribution in [2.45, 2.75) is 32.8 Å². The highest BCUT2D eigenvalue weighted by Crippen LogP contribution is 2.35. The number of carboxylic acid groups (broad SMARTS) is 1. The van der Waals surface area contributed by atoms with Crippen LogP contribution >= 0.6 is 11.3 Å². The molecule has 1 heterocycles. The van der Waals surface area contributed by atoms with E-state index in [0.717, 1.165) is 27.3 Å². The number of rotatable bonds is 10. The molecule has 4 aromatic rings. The van der Waals surface area contributed by atoms with E-state index in [1.165, 1.54) is 17.0 Å². The lowest BCUT2D eigenvalue weighted by Gasteiger charge is -2.23. The molecular weight excluding hydrogens is 528 g/mol. The Morgan fingerprint density at radius 2 is 1.62 bits per heavy atom. The second-order valence-corrected chi connectivity index (χ2v) is 11.4. The largest absolute Gasteiger partial charge is 0.477 e. The van der Waals surface area contributed by atoms with Crippen LogP contribution in [-0.4, -0.2) is 35.1 Å². The van der Waals surface area contributed by atoms with Gasteiger partial charge in [0, 0.05) is 23.1 Å². The molecule has 0 fully saturated rings. The zero-order valence-corrected chi connectivity index (χ0v) is 23.3. The third-order valence-electron chi connectivity index (χ3n) is 6.39. The predicted molar refractivity (Wildman–Crippen MR) is 156 cm³/mol. The number of nitrogens with zero attached hydrogens (tertiary/aromatic N) is 2. The fourth-order valence-corrected chi connectivity index (χ4v) is 4.99. The smallest absolute Gasteiger partial charge is 0.345 e. The Labute approximate surface area is 236 Å². The SMILES string of the molecule is CC(C)(C)c1ccc(-c2ccc(N(CCOCc3ccc(C(=O)O)s3)C(=O)c3ccccc3)c([N+](=O)[O-])c2)cc1. The number of anilines is 1. The number of nitro benzene ring substituents is 1. The molecular formula is C31H30N2O6S. The quantitative estimate of drug-likeness (QED) is 0.125. The standard InChI is InChI=1S/C31H30N2O6S/c1-31(2,3)24-12-9-21(10-13-24)23-11-15-26(27(19-23)33(37)38)32(29(34)22-7-5-4-6-8-22)17-18-39-20-25-14-16-28(40-25)30(35)36/h4-16,19H,17-18,20H2,1-3H3,(H,35,36). The summed E-state index contributed by atoms with van der Waals surface area (Å²) in [6.07, 6.45) is 0. The van der Waals surface area contributed by atoms with Gasteiger partial charge in [0.15, 0.2) is 0 Å². The van der Waals surface area contributed by atoms with E-state index in [1.807, 2.05) is 24.3 Å². The van der Waals surface area contributed by atoms with Crippen LogP contribution < -0.4 is 4.90 Å². The number of nitro groups is 1. The Kier molecular flexibility index (Phi) is 8.77.